The normalized spacial score (nSPS) is 16.7. The third-order valence-corrected chi connectivity index (χ3v) is 7.35. The van der Waals surface area contributed by atoms with Crippen LogP contribution in [0.4, 0.5) is 19.3 Å². The molecule has 2 aromatic carbocycles. The van der Waals surface area contributed by atoms with Gasteiger partial charge in [0.25, 0.3) is 5.91 Å². The molecule has 0 spiro atoms. The van der Waals surface area contributed by atoms with Gasteiger partial charge in [-0.05, 0) is 108 Å². The van der Waals surface area contributed by atoms with Gasteiger partial charge < -0.3 is 30.2 Å². The van der Waals surface area contributed by atoms with Crippen molar-refractivity contribution in [1.82, 2.24) is 10.6 Å². The van der Waals surface area contributed by atoms with Gasteiger partial charge in [-0.3, -0.25) is 9.59 Å². The van der Waals surface area contributed by atoms with E-state index in [1.807, 2.05) is 32.9 Å². The van der Waals surface area contributed by atoms with Gasteiger partial charge in [-0.1, -0.05) is 25.7 Å². The van der Waals surface area contributed by atoms with E-state index in [2.05, 4.69) is 20.7 Å². The number of ether oxygens (including phenoxy) is 3. The van der Waals surface area contributed by atoms with Crippen LogP contribution >= 0.6 is 0 Å². The van der Waals surface area contributed by atoms with Crippen molar-refractivity contribution in [2.75, 3.05) is 11.9 Å². The molecule has 0 aromatic heterocycles. The second-order valence-electron chi connectivity index (χ2n) is 12.9. The van der Waals surface area contributed by atoms with Crippen molar-refractivity contribution in [3.8, 4) is 11.5 Å². The molecule has 46 heavy (non-hydrogen) atoms. The van der Waals surface area contributed by atoms with E-state index >= 15 is 0 Å². The van der Waals surface area contributed by atoms with Crippen LogP contribution in [0.3, 0.4) is 0 Å². The van der Waals surface area contributed by atoms with Crippen molar-refractivity contribution in [3.63, 3.8) is 0 Å². The van der Waals surface area contributed by atoms with Gasteiger partial charge in [-0.15, -0.1) is 0 Å². The molecule has 9 nitrogen and oxygen atoms in total. The minimum absolute atomic E-state index is 0.00327. The van der Waals surface area contributed by atoms with Crippen LogP contribution in [0.25, 0.3) is 0 Å². The predicted molar refractivity (Wildman–Crippen MR) is 173 cm³/mol. The standard InChI is InChI=1S/C35H49F2N3O6/c1-34(2,3)46-31(41)11-9-7-5-6-8-10-24-38-32(42)25-12-18-28(19-13-25)44-29-20-14-26(15-21-29)39-33(43)40-27-16-22-30(23-17-27)45-35(4,36)37/h12-13,16-19,22-23,26,29H,5-11,14-15,20-21,24H2,1-4H3,(H,38,42)(H2,39,40,43). The number of esters is 1. The number of alkyl halides is 2. The maximum atomic E-state index is 13.0. The number of carbonyl (C=O) groups is 3. The monoisotopic (exact) mass is 645 g/mol. The van der Waals surface area contributed by atoms with Gasteiger partial charge in [-0.25, -0.2) is 4.79 Å². The Bertz CT molecular complexity index is 1230. The van der Waals surface area contributed by atoms with Crippen LogP contribution in [-0.2, 0) is 9.53 Å². The number of halogens is 2. The molecule has 254 valence electrons. The number of carbonyl (C=O) groups excluding carboxylic acids is 3. The zero-order chi connectivity index (χ0) is 33.6. The molecule has 2 aromatic rings. The molecule has 1 aliphatic carbocycles. The second kappa shape index (κ2) is 17.7. The third-order valence-electron chi connectivity index (χ3n) is 7.35. The Morgan fingerprint density at radius 2 is 1.37 bits per heavy atom. The van der Waals surface area contributed by atoms with Gasteiger partial charge in [0.15, 0.2) is 0 Å². The smallest absolute Gasteiger partial charge is 0.394 e. The number of urea groups is 1. The summed E-state index contributed by atoms with van der Waals surface area (Å²) in [7, 11) is 0. The highest BCUT2D eigenvalue weighted by atomic mass is 19.3. The quantitative estimate of drug-likeness (QED) is 0.126. The lowest BCUT2D eigenvalue weighted by Gasteiger charge is -2.29. The Morgan fingerprint density at radius 3 is 1.98 bits per heavy atom. The minimum Gasteiger partial charge on any atom is -0.490 e. The summed E-state index contributed by atoms with van der Waals surface area (Å²) in [6.07, 6.45) is 6.15. The van der Waals surface area contributed by atoms with Crippen LogP contribution in [-0.4, -0.2) is 48.3 Å². The molecule has 0 bridgehead atoms. The van der Waals surface area contributed by atoms with E-state index in [9.17, 15) is 23.2 Å². The highest BCUT2D eigenvalue weighted by molar-refractivity contribution is 5.94. The molecule has 0 aliphatic heterocycles. The summed E-state index contributed by atoms with van der Waals surface area (Å²) in [4.78, 5) is 36.7. The maximum absolute atomic E-state index is 13.0. The van der Waals surface area contributed by atoms with E-state index in [1.54, 1.807) is 12.1 Å². The third kappa shape index (κ3) is 14.9. The molecule has 0 atom stereocenters. The largest absolute Gasteiger partial charge is 0.490 e. The number of amides is 3. The summed E-state index contributed by atoms with van der Waals surface area (Å²) in [5, 5.41) is 8.64. The fraction of sp³-hybridized carbons (Fsp3) is 0.571. The van der Waals surface area contributed by atoms with Crippen LogP contribution in [0.5, 0.6) is 11.5 Å². The Balaban J connectivity index is 1.25. The van der Waals surface area contributed by atoms with Crippen molar-refractivity contribution in [2.24, 2.45) is 0 Å². The van der Waals surface area contributed by atoms with Gasteiger partial charge in [-0.2, -0.15) is 8.78 Å². The summed E-state index contributed by atoms with van der Waals surface area (Å²) < 4.78 is 41.9. The van der Waals surface area contributed by atoms with E-state index in [0.717, 1.165) is 64.2 Å². The topological polar surface area (TPSA) is 115 Å². The highest BCUT2D eigenvalue weighted by Crippen LogP contribution is 2.25. The summed E-state index contributed by atoms with van der Waals surface area (Å²) in [5.74, 6) is 0.462. The van der Waals surface area contributed by atoms with Crippen LogP contribution in [0.15, 0.2) is 48.5 Å². The van der Waals surface area contributed by atoms with E-state index in [1.165, 1.54) is 24.3 Å². The summed E-state index contributed by atoms with van der Waals surface area (Å²) >= 11 is 0. The molecule has 1 fully saturated rings. The van der Waals surface area contributed by atoms with Crippen molar-refractivity contribution >= 4 is 23.6 Å². The number of hydrogen-bond donors (Lipinski definition) is 3. The molecular weight excluding hydrogens is 596 g/mol. The van der Waals surface area contributed by atoms with Gasteiger partial charge >= 0.3 is 18.1 Å². The average molecular weight is 646 g/mol. The molecule has 11 heteroatoms. The number of benzene rings is 2. The van der Waals surface area contributed by atoms with Crippen molar-refractivity contribution in [1.29, 1.82) is 0 Å². The number of nitrogens with one attached hydrogen (secondary N) is 3. The lowest BCUT2D eigenvalue weighted by molar-refractivity contribution is -0.159. The number of hydrogen-bond acceptors (Lipinski definition) is 6. The number of rotatable bonds is 16. The first-order chi connectivity index (χ1) is 21.8. The summed E-state index contributed by atoms with van der Waals surface area (Å²) in [6, 6.07) is 12.5. The molecule has 3 rings (SSSR count). The highest BCUT2D eigenvalue weighted by Gasteiger charge is 2.25. The van der Waals surface area contributed by atoms with E-state index in [4.69, 9.17) is 9.47 Å². The average Bonchev–Trinajstić information content (AvgIpc) is 2.97. The zero-order valence-electron chi connectivity index (χ0n) is 27.5. The van der Waals surface area contributed by atoms with Crippen LogP contribution in [0, 0.1) is 0 Å². The molecule has 1 aliphatic rings. The fourth-order valence-corrected chi connectivity index (χ4v) is 5.17. The molecule has 3 N–H and O–H groups in total. The first kappa shape index (κ1) is 36.6. The Kier molecular flexibility index (Phi) is 14.1. The predicted octanol–water partition coefficient (Wildman–Crippen LogP) is 7.99. The van der Waals surface area contributed by atoms with E-state index < -0.39 is 11.7 Å². The Labute approximate surface area is 271 Å². The summed E-state index contributed by atoms with van der Waals surface area (Å²) in [5.41, 5.74) is 0.621. The van der Waals surface area contributed by atoms with E-state index in [-0.39, 0.29) is 35.8 Å². The summed E-state index contributed by atoms with van der Waals surface area (Å²) in [6.45, 7) is 6.90. The van der Waals surface area contributed by atoms with Gasteiger partial charge in [0.1, 0.15) is 17.1 Å². The first-order valence-corrected chi connectivity index (χ1v) is 16.3. The van der Waals surface area contributed by atoms with Crippen molar-refractivity contribution < 1.29 is 37.4 Å². The molecule has 0 saturated heterocycles. The maximum Gasteiger partial charge on any atom is 0.394 e. The lowest BCUT2D eigenvalue weighted by Crippen LogP contribution is -2.41. The van der Waals surface area contributed by atoms with Gasteiger partial charge in [0, 0.05) is 37.2 Å². The fourth-order valence-electron chi connectivity index (χ4n) is 5.17. The zero-order valence-corrected chi connectivity index (χ0v) is 27.5. The molecule has 1 saturated carbocycles. The molecule has 0 unspecified atom stereocenters. The van der Waals surface area contributed by atoms with Gasteiger partial charge in [0.05, 0.1) is 6.10 Å². The van der Waals surface area contributed by atoms with Crippen LogP contribution in [0.2, 0.25) is 0 Å². The van der Waals surface area contributed by atoms with Crippen LogP contribution in [0.1, 0.15) is 109 Å². The first-order valence-electron chi connectivity index (χ1n) is 16.3. The second-order valence-corrected chi connectivity index (χ2v) is 12.9. The van der Waals surface area contributed by atoms with Gasteiger partial charge in [0.2, 0.25) is 0 Å². The molecule has 0 radical (unpaired) electrons. The minimum atomic E-state index is -3.27. The Morgan fingerprint density at radius 1 is 0.783 bits per heavy atom. The SMILES string of the molecule is CC(C)(C)OC(=O)CCCCCCCCNC(=O)c1ccc(OC2CCC(NC(=O)Nc3ccc(OC(C)(F)F)cc3)CC2)cc1. The molecule has 0 heterocycles. The Hall–Kier alpha value is -3.89. The molecular formula is C35H49F2N3O6. The lowest BCUT2D eigenvalue weighted by atomic mass is 9.93. The number of unbranched alkanes of at least 4 members (excludes halogenated alkanes) is 5. The number of anilines is 1. The van der Waals surface area contributed by atoms with Crippen LogP contribution < -0.4 is 25.4 Å². The molecule has 3 amide bonds. The van der Waals surface area contributed by atoms with Crippen molar-refractivity contribution in [2.45, 2.75) is 122 Å². The van der Waals surface area contributed by atoms with E-state index in [0.29, 0.717) is 36.9 Å². The van der Waals surface area contributed by atoms with Crippen molar-refractivity contribution in [3.05, 3.63) is 54.1 Å².